The molecular formula is C44H67N3O10. The summed E-state index contributed by atoms with van der Waals surface area (Å²) in [5.41, 5.74) is -1.39. The Balaban J connectivity index is 1.51. The number of rotatable bonds is 6. The van der Waals surface area contributed by atoms with Gasteiger partial charge in [0.25, 0.3) is 0 Å². The van der Waals surface area contributed by atoms with E-state index < -0.39 is 84.0 Å². The molecule has 0 aromatic heterocycles. The molecule has 2 amide bonds. The zero-order valence-corrected chi connectivity index (χ0v) is 35.2. The number of fused-ring (bicyclic) bond motifs is 1. The topological polar surface area (TPSA) is 170 Å². The molecule has 3 heterocycles. The first-order valence-electron chi connectivity index (χ1n) is 20.8. The highest BCUT2D eigenvalue weighted by molar-refractivity contribution is 5.93. The maximum absolute atomic E-state index is 14.4. The van der Waals surface area contributed by atoms with Crippen molar-refractivity contribution in [1.82, 2.24) is 10.2 Å². The Bertz CT molecular complexity index is 1630. The van der Waals surface area contributed by atoms with Crippen LogP contribution in [0.1, 0.15) is 86.6 Å². The third kappa shape index (κ3) is 10.1. The van der Waals surface area contributed by atoms with Crippen molar-refractivity contribution in [2.75, 3.05) is 25.0 Å². The zero-order chi connectivity index (χ0) is 41.8. The highest BCUT2D eigenvalue weighted by Crippen LogP contribution is 2.38. The van der Waals surface area contributed by atoms with Crippen LogP contribution in [0.3, 0.4) is 0 Å². The molecule has 0 spiro atoms. The highest BCUT2D eigenvalue weighted by atomic mass is 16.7. The summed E-state index contributed by atoms with van der Waals surface area (Å²) in [5, 5.41) is 50.3. The minimum Gasteiger partial charge on any atom is -0.483 e. The number of para-hydroxylation sites is 2. The van der Waals surface area contributed by atoms with Gasteiger partial charge in [-0.2, -0.15) is 0 Å². The second kappa shape index (κ2) is 18.7. The predicted octanol–water partition coefficient (Wildman–Crippen LogP) is 4.66. The number of ether oxygens (including phenoxy) is 4. The molecule has 3 aliphatic heterocycles. The van der Waals surface area contributed by atoms with Gasteiger partial charge in [-0.15, -0.1) is 0 Å². The Labute approximate surface area is 338 Å². The number of anilines is 1. The Kier molecular flexibility index (Phi) is 14.7. The zero-order valence-electron chi connectivity index (χ0n) is 35.2. The number of carbonyl (C=O) groups excluding carboxylic acids is 2. The Morgan fingerprint density at radius 2 is 1.68 bits per heavy atom. The minimum absolute atomic E-state index is 0.177. The van der Waals surface area contributed by atoms with Crippen LogP contribution in [0.15, 0.2) is 54.6 Å². The number of carbonyl (C=O) groups is 2. The van der Waals surface area contributed by atoms with E-state index in [0.717, 1.165) is 24.1 Å². The standard InChI is InChI=1S/C44H67N3O10/c1-10-35-44(8,53)38(49)30(6)45-25-26(2)24-43(7,52)39(28(4)36(48)29(5)40(50)56-35)57-41-37(55-32-19-12-11-13-20-32)34(23-27(3)54-41)46(9)42(51)47-22-16-18-31-17-14-15-21-33(31)47/h11-15,17,19-21,26-30,34-39,41,45,48-49,52-53H,10,16,18,22-25H2,1-9H3/t26-,27-,28+,29-,30-,34+,35-,36+,37-,38-,39-,41+,43-,44-/m1/s1. The van der Waals surface area contributed by atoms with Crippen molar-refractivity contribution in [2.24, 2.45) is 17.8 Å². The van der Waals surface area contributed by atoms with E-state index >= 15 is 0 Å². The molecular weight excluding hydrogens is 730 g/mol. The van der Waals surface area contributed by atoms with Crippen LogP contribution < -0.4 is 15.0 Å². The quantitative estimate of drug-likeness (QED) is 0.258. The molecule has 2 saturated heterocycles. The van der Waals surface area contributed by atoms with Gasteiger partial charge in [-0.25, -0.2) is 4.79 Å². The Morgan fingerprint density at radius 1 is 1.02 bits per heavy atom. The number of hydrogen-bond donors (Lipinski definition) is 5. The molecule has 0 aliphatic carbocycles. The van der Waals surface area contributed by atoms with Crippen LogP contribution in [0.5, 0.6) is 5.75 Å². The fourth-order valence-electron chi connectivity index (χ4n) is 9.07. The van der Waals surface area contributed by atoms with Crippen LogP contribution in [-0.4, -0.2) is 124 Å². The normalized spacial score (nSPS) is 38.5. The van der Waals surface area contributed by atoms with Crippen LogP contribution in [0.2, 0.25) is 0 Å². The summed E-state index contributed by atoms with van der Waals surface area (Å²) in [7, 11) is 1.77. The lowest BCUT2D eigenvalue weighted by molar-refractivity contribution is -0.293. The van der Waals surface area contributed by atoms with Gasteiger partial charge >= 0.3 is 12.0 Å². The van der Waals surface area contributed by atoms with E-state index in [1.165, 1.54) is 13.8 Å². The van der Waals surface area contributed by atoms with E-state index in [1.54, 1.807) is 39.6 Å². The molecule has 14 atom stereocenters. The van der Waals surface area contributed by atoms with E-state index in [1.807, 2.05) is 67.3 Å². The molecule has 2 fully saturated rings. The van der Waals surface area contributed by atoms with E-state index in [-0.39, 0.29) is 24.8 Å². The summed E-state index contributed by atoms with van der Waals surface area (Å²) in [4.78, 5) is 31.6. The first kappa shape index (κ1) is 44.8. The average Bonchev–Trinajstić information content (AvgIpc) is 3.19. The van der Waals surface area contributed by atoms with Crippen molar-refractivity contribution in [3.05, 3.63) is 60.2 Å². The lowest BCUT2D eigenvalue weighted by Gasteiger charge is -2.48. The van der Waals surface area contributed by atoms with Crippen LogP contribution in [0.25, 0.3) is 0 Å². The number of urea groups is 1. The lowest BCUT2D eigenvalue weighted by Crippen LogP contribution is -2.63. The van der Waals surface area contributed by atoms with Gasteiger partial charge in [0, 0.05) is 31.2 Å². The molecule has 318 valence electrons. The molecule has 0 unspecified atom stereocenters. The first-order valence-corrected chi connectivity index (χ1v) is 20.8. The van der Waals surface area contributed by atoms with Crippen LogP contribution in [0, 0.1) is 17.8 Å². The Morgan fingerprint density at radius 3 is 2.37 bits per heavy atom. The fourth-order valence-corrected chi connectivity index (χ4v) is 9.07. The number of aliphatic hydroxyl groups is 4. The number of cyclic esters (lactones) is 1. The van der Waals surface area contributed by atoms with Crippen molar-refractivity contribution >= 4 is 17.7 Å². The van der Waals surface area contributed by atoms with Crippen LogP contribution in [0.4, 0.5) is 10.5 Å². The number of aliphatic hydroxyl groups excluding tert-OH is 2. The van der Waals surface area contributed by atoms with E-state index in [2.05, 4.69) is 11.4 Å². The maximum Gasteiger partial charge on any atom is 0.324 e. The molecule has 2 aromatic carbocycles. The van der Waals surface area contributed by atoms with Gasteiger partial charge in [0.1, 0.15) is 23.6 Å². The van der Waals surface area contributed by atoms with Crippen LogP contribution >= 0.6 is 0 Å². The molecule has 5 N–H and O–H groups in total. The minimum atomic E-state index is -1.79. The second-order valence-corrected chi connectivity index (χ2v) is 17.4. The molecule has 0 bridgehead atoms. The van der Waals surface area contributed by atoms with Gasteiger partial charge in [-0.1, -0.05) is 57.2 Å². The SMILES string of the molecule is CC[C@H]1OC(=O)[C@H](C)[C@@H](O)[C@H](C)[C@@H](O[C@@H]2O[C@H](C)C[C@H](N(C)C(=O)N3CCCc4ccccc43)[C@H]2Oc2ccccc2)[C@](C)(O)C[C@@H](C)CN[C@H](C)[C@@H](O)[C@]1(C)O. The summed E-state index contributed by atoms with van der Waals surface area (Å²) in [6.07, 6.45) is -4.64. The van der Waals surface area contributed by atoms with Crippen molar-refractivity contribution in [1.29, 1.82) is 0 Å². The molecule has 13 heteroatoms. The molecule has 13 nitrogen and oxygen atoms in total. The third-order valence-electron chi connectivity index (χ3n) is 12.4. The molecule has 57 heavy (non-hydrogen) atoms. The molecule has 0 saturated carbocycles. The monoisotopic (exact) mass is 797 g/mol. The number of nitrogens with zero attached hydrogens (tertiary/aromatic N) is 2. The second-order valence-electron chi connectivity index (χ2n) is 17.4. The number of likely N-dealkylation sites (N-methyl/N-ethyl adjacent to an activating group) is 1. The number of aryl methyl sites for hydroxylation is 1. The summed E-state index contributed by atoms with van der Waals surface area (Å²) < 4.78 is 26.0. The molecule has 2 aromatic rings. The van der Waals surface area contributed by atoms with Crippen molar-refractivity contribution in [3.63, 3.8) is 0 Å². The number of nitrogens with one attached hydrogen (secondary N) is 1. The summed E-state index contributed by atoms with van der Waals surface area (Å²) in [6.45, 7) is 14.6. The van der Waals surface area contributed by atoms with Gasteiger partial charge in [0.05, 0.1) is 35.9 Å². The molecule has 3 aliphatic rings. The average molecular weight is 798 g/mol. The van der Waals surface area contributed by atoms with Crippen molar-refractivity contribution in [3.8, 4) is 5.75 Å². The summed E-state index contributed by atoms with van der Waals surface area (Å²) >= 11 is 0. The number of benzene rings is 2. The number of amides is 2. The van der Waals surface area contributed by atoms with Crippen LogP contribution in [-0.2, 0) is 25.4 Å². The summed E-state index contributed by atoms with van der Waals surface area (Å²) in [5.74, 6) is -2.36. The van der Waals surface area contributed by atoms with E-state index in [4.69, 9.17) is 18.9 Å². The van der Waals surface area contributed by atoms with Crippen molar-refractivity contribution < 1.29 is 49.0 Å². The number of hydrogen-bond acceptors (Lipinski definition) is 11. The molecule has 0 radical (unpaired) electrons. The van der Waals surface area contributed by atoms with E-state index in [0.29, 0.717) is 25.3 Å². The first-order chi connectivity index (χ1) is 26.9. The van der Waals surface area contributed by atoms with Gasteiger partial charge in [0.15, 0.2) is 12.4 Å². The number of esters is 1. The largest absolute Gasteiger partial charge is 0.483 e. The summed E-state index contributed by atoms with van der Waals surface area (Å²) in [6, 6.07) is 15.9. The van der Waals surface area contributed by atoms with E-state index in [9.17, 15) is 30.0 Å². The van der Waals surface area contributed by atoms with Gasteiger partial charge in [0.2, 0.25) is 0 Å². The fraction of sp³-hybridized carbons (Fsp3) is 0.682. The predicted molar refractivity (Wildman–Crippen MR) is 217 cm³/mol. The maximum atomic E-state index is 14.4. The smallest absolute Gasteiger partial charge is 0.324 e. The van der Waals surface area contributed by atoms with Gasteiger partial charge in [-0.3, -0.25) is 9.69 Å². The highest BCUT2D eigenvalue weighted by Gasteiger charge is 2.51. The lowest BCUT2D eigenvalue weighted by atomic mass is 9.78. The molecule has 5 rings (SSSR count). The van der Waals surface area contributed by atoms with Gasteiger partial charge in [-0.05, 0) is 103 Å². The third-order valence-corrected chi connectivity index (χ3v) is 12.4. The van der Waals surface area contributed by atoms with Crippen molar-refractivity contribution in [2.45, 2.75) is 154 Å². The van der Waals surface area contributed by atoms with Gasteiger partial charge < -0.3 is 49.6 Å². The Hall–Kier alpha value is -3.30.